The summed E-state index contributed by atoms with van der Waals surface area (Å²) in [6.45, 7) is 2.80. The van der Waals surface area contributed by atoms with Crippen molar-refractivity contribution in [3.8, 4) is 0 Å². The summed E-state index contributed by atoms with van der Waals surface area (Å²) in [6, 6.07) is 15.7. The fourth-order valence-corrected chi connectivity index (χ4v) is 3.62. The lowest BCUT2D eigenvalue weighted by Crippen LogP contribution is -2.49. The van der Waals surface area contributed by atoms with Crippen LogP contribution >= 0.6 is 0 Å². The third kappa shape index (κ3) is 2.34. The number of hydrogen-bond donors (Lipinski definition) is 0. The Morgan fingerprint density at radius 3 is 2.54 bits per heavy atom. The number of carbonyl (C=O) groups excluding carboxylic acids is 1. The van der Waals surface area contributed by atoms with E-state index in [9.17, 15) is 4.79 Å². The molecular formula is C20H18N4O2. The molecule has 1 amide bonds. The molecule has 0 saturated carbocycles. The molecule has 0 spiro atoms. The van der Waals surface area contributed by atoms with Gasteiger partial charge in [-0.05, 0) is 36.4 Å². The van der Waals surface area contributed by atoms with Crippen LogP contribution < -0.4 is 4.90 Å². The van der Waals surface area contributed by atoms with Crippen molar-refractivity contribution in [1.82, 2.24) is 14.3 Å². The van der Waals surface area contributed by atoms with Gasteiger partial charge in [-0.2, -0.15) is 0 Å². The summed E-state index contributed by atoms with van der Waals surface area (Å²) >= 11 is 0. The van der Waals surface area contributed by atoms with Gasteiger partial charge in [0.2, 0.25) is 0 Å². The van der Waals surface area contributed by atoms with Crippen molar-refractivity contribution >= 4 is 28.3 Å². The third-order valence-corrected chi connectivity index (χ3v) is 4.94. The molecule has 4 heterocycles. The Balaban J connectivity index is 1.44. The van der Waals surface area contributed by atoms with Crippen molar-refractivity contribution < 1.29 is 9.21 Å². The zero-order chi connectivity index (χ0) is 17.5. The maximum absolute atomic E-state index is 12.4. The van der Waals surface area contributed by atoms with Gasteiger partial charge in [0.1, 0.15) is 0 Å². The molecule has 1 fully saturated rings. The van der Waals surface area contributed by atoms with Gasteiger partial charge in [0.05, 0.1) is 22.8 Å². The summed E-state index contributed by atoms with van der Waals surface area (Å²) in [6.07, 6.45) is 3.60. The number of aromatic nitrogens is 2. The molecule has 0 N–H and O–H groups in total. The molecule has 1 aliphatic heterocycles. The summed E-state index contributed by atoms with van der Waals surface area (Å²) in [5.41, 5.74) is 3.16. The van der Waals surface area contributed by atoms with Crippen LogP contribution in [0.3, 0.4) is 0 Å². The minimum atomic E-state index is -0.0473. The number of nitrogens with zero attached hydrogens (tertiary/aromatic N) is 4. The summed E-state index contributed by atoms with van der Waals surface area (Å²) in [5.74, 6) is 1.32. The Morgan fingerprint density at radius 2 is 1.73 bits per heavy atom. The zero-order valence-electron chi connectivity index (χ0n) is 14.2. The van der Waals surface area contributed by atoms with Crippen LogP contribution in [-0.2, 0) is 0 Å². The number of carbonyl (C=O) groups is 1. The predicted molar refractivity (Wildman–Crippen MR) is 99.5 cm³/mol. The monoisotopic (exact) mass is 346 g/mol. The summed E-state index contributed by atoms with van der Waals surface area (Å²) in [7, 11) is 0. The first-order valence-corrected chi connectivity index (χ1v) is 8.75. The topological polar surface area (TPSA) is 54.0 Å². The molecule has 0 aliphatic carbocycles. The van der Waals surface area contributed by atoms with Crippen LogP contribution in [0.25, 0.3) is 16.6 Å². The van der Waals surface area contributed by atoms with E-state index in [0.717, 1.165) is 35.5 Å². The molecule has 6 heteroatoms. The largest absolute Gasteiger partial charge is 0.459 e. The maximum Gasteiger partial charge on any atom is 0.289 e. The summed E-state index contributed by atoms with van der Waals surface area (Å²) in [5, 5.41) is 0. The van der Waals surface area contributed by atoms with Crippen molar-refractivity contribution in [2.24, 2.45) is 0 Å². The molecule has 6 nitrogen and oxygen atoms in total. The highest BCUT2D eigenvalue weighted by molar-refractivity contribution is 5.91. The standard InChI is InChI=1S/C20H18N4O2/c25-20(18-8-4-14-26-18)23-12-10-22(11-13-23)19-17-7-3-9-24(17)16-6-2-1-5-15(16)21-19/h1-9,14H,10-13H2. The molecule has 0 bridgehead atoms. The van der Waals surface area contributed by atoms with Gasteiger partial charge in [-0.3, -0.25) is 4.79 Å². The van der Waals surface area contributed by atoms with E-state index in [2.05, 4.69) is 27.6 Å². The van der Waals surface area contributed by atoms with E-state index in [1.54, 1.807) is 12.1 Å². The molecule has 1 aromatic carbocycles. The van der Waals surface area contributed by atoms with Crippen LogP contribution in [0, 0.1) is 0 Å². The minimum Gasteiger partial charge on any atom is -0.459 e. The van der Waals surface area contributed by atoms with Gasteiger partial charge < -0.3 is 18.6 Å². The predicted octanol–water partition coefficient (Wildman–Crippen LogP) is 3.04. The van der Waals surface area contributed by atoms with E-state index in [1.807, 2.05) is 29.2 Å². The van der Waals surface area contributed by atoms with Crippen molar-refractivity contribution in [3.63, 3.8) is 0 Å². The van der Waals surface area contributed by atoms with Gasteiger partial charge in [0, 0.05) is 32.4 Å². The van der Waals surface area contributed by atoms with Crippen LogP contribution in [-0.4, -0.2) is 46.4 Å². The molecule has 26 heavy (non-hydrogen) atoms. The van der Waals surface area contributed by atoms with Crippen molar-refractivity contribution in [2.45, 2.75) is 0 Å². The lowest BCUT2D eigenvalue weighted by atomic mass is 10.2. The second kappa shape index (κ2) is 5.91. The number of piperazine rings is 1. The number of hydrogen-bond acceptors (Lipinski definition) is 4. The molecule has 0 radical (unpaired) electrons. The van der Waals surface area contributed by atoms with E-state index in [4.69, 9.17) is 9.40 Å². The Hall–Kier alpha value is -3.28. The molecule has 130 valence electrons. The fraction of sp³-hybridized carbons (Fsp3) is 0.200. The van der Waals surface area contributed by atoms with E-state index in [-0.39, 0.29) is 5.91 Å². The van der Waals surface area contributed by atoms with E-state index < -0.39 is 0 Å². The van der Waals surface area contributed by atoms with E-state index in [1.165, 1.54) is 6.26 Å². The van der Waals surface area contributed by atoms with Gasteiger partial charge >= 0.3 is 0 Å². The number of amides is 1. The minimum absolute atomic E-state index is 0.0473. The van der Waals surface area contributed by atoms with Crippen LogP contribution in [0.2, 0.25) is 0 Å². The lowest BCUT2D eigenvalue weighted by Gasteiger charge is -2.35. The van der Waals surface area contributed by atoms with Gasteiger partial charge in [-0.25, -0.2) is 4.98 Å². The first-order valence-electron chi connectivity index (χ1n) is 8.75. The number of benzene rings is 1. The Bertz CT molecular complexity index is 1080. The highest BCUT2D eigenvalue weighted by Gasteiger charge is 2.25. The molecule has 4 aromatic rings. The number of anilines is 1. The average Bonchev–Trinajstić information content (AvgIpc) is 3.39. The molecular weight excluding hydrogens is 328 g/mol. The molecule has 1 aliphatic rings. The highest BCUT2D eigenvalue weighted by atomic mass is 16.3. The number of para-hydroxylation sites is 2. The van der Waals surface area contributed by atoms with Crippen molar-refractivity contribution in [3.05, 3.63) is 66.8 Å². The molecule has 5 rings (SSSR count). The van der Waals surface area contributed by atoms with Crippen molar-refractivity contribution in [1.29, 1.82) is 0 Å². The van der Waals surface area contributed by atoms with Crippen LogP contribution in [0.5, 0.6) is 0 Å². The molecule has 0 unspecified atom stereocenters. The van der Waals surface area contributed by atoms with Gasteiger partial charge in [-0.1, -0.05) is 12.1 Å². The smallest absolute Gasteiger partial charge is 0.289 e. The second-order valence-electron chi connectivity index (χ2n) is 6.44. The van der Waals surface area contributed by atoms with Crippen LogP contribution in [0.15, 0.2) is 65.4 Å². The van der Waals surface area contributed by atoms with E-state index in [0.29, 0.717) is 18.8 Å². The quantitative estimate of drug-likeness (QED) is 0.560. The van der Waals surface area contributed by atoms with Gasteiger partial charge in [0.25, 0.3) is 5.91 Å². The third-order valence-electron chi connectivity index (χ3n) is 4.94. The van der Waals surface area contributed by atoms with E-state index >= 15 is 0 Å². The number of fused-ring (bicyclic) bond motifs is 3. The zero-order valence-corrected chi connectivity index (χ0v) is 14.2. The first kappa shape index (κ1) is 15.0. The molecule has 0 atom stereocenters. The summed E-state index contributed by atoms with van der Waals surface area (Å²) in [4.78, 5) is 21.4. The maximum atomic E-state index is 12.4. The van der Waals surface area contributed by atoms with Crippen molar-refractivity contribution in [2.75, 3.05) is 31.1 Å². The lowest BCUT2D eigenvalue weighted by molar-refractivity contribution is 0.0714. The van der Waals surface area contributed by atoms with Gasteiger partial charge in [0.15, 0.2) is 11.6 Å². The van der Waals surface area contributed by atoms with Crippen LogP contribution in [0.1, 0.15) is 10.6 Å². The summed E-state index contributed by atoms with van der Waals surface area (Å²) < 4.78 is 7.41. The number of rotatable bonds is 2. The first-order chi connectivity index (χ1) is 12.8. The Morgan fingerprint density at radius 1 is 0.923 bits per heavy atom. The second-order valence-corrected chi connectivity index (χ2v) is 6.44. The normalized spacial score (nSPS) is 15.1. The molecule has 3 aromatic heterocycles. The average molecular weight is 346 g/mol. The highest BCUT2D eigenvalue weighted by Crippen LogP contribution is 2.26. The SMILES string of the molecule is O=C(c1ccco1)N1CCN(c2nc3ccccc3n3cccc23)CC1. The van der Waals surface area contributed by atoms with Crippen LogP contribution in [0.4, 0.5) is 5.82 Å². The fourth-order valence-electron chi connectivity index (χ4n) is 3.62. The Labute approximate surface area is 150 Å². The van der Waals surface area contributed by atoms with Gasteiger partial charge in [-0.15, -0.1) is 0 Å². The Kier molecular flexibility index (Phi) is 3.41. The molecule has 1 saturated heterocycles. The number of furan rings is 1.